The monoisotopic (exact) mass is 354 g/mol. The summed E-state index contributed by atoms with van der Waals surface area (Å²) in [6.45, 7) is 4.80. The minimum Gasteiger partial charge on any atom is -0.346 e. The van der Waals surface area contributed by atoms with Crippen LogP contribution in [0.25, 0.3) is 0 Å². The number of benzene rings is 1. The van der Waals surface area contributed by atoms with Crippen LogP contribution in [0.1, 0.15) is 33.1 Å². The molecule has 0 N–H and O–H groups in total. The Labute approximate surface area is 135 Å². The van der Waals surface area contributed by atoms with Gasteiger partial charge in [0.1, 0.15) is 0 Å². The number of hydrogen-bond acceptors (Lipinski definition) is 2. The lowest BCUT2D eigenvalue weighted by atomic mass is 10.2. The highest BCUT2D eigenvalue weighted by molar-refractivity contribution is 9.10. The standard InChI is InChI=1S/C16H23BrN2O2/c1-4-5-11-18(3)16(21)10-12-19(13(2)20)15-8-6-14(17)7-9-15/h6-9H,4-5,10-12H2,1-3H3. The van der Waals surface area contributed by atoms with E-state index in [0.29, 0.717) is 13.0 Å². The van der Waals surface area contributed by atoms with Gasteiger partial charge in [-0.15, -0.1) is 0 Å². The molecule has 1 aromatic rings. The maximum atomic E-state index is 12.0. The second-order valence-electron chi connectivity index (χ2n) is 5.07. The molecule has 0 fully saturated rings. The summed E-state index contributed by atoms with van der Waals surface area (Å²) in [5.41, 5.74) is 0.815. The van der Waals surface area contributed by atoms with Crippen LogP contribution in [-0.4, -0.2) is 36.9 Å². The third kappa shape index (κ3) is 5.87. The minimum atomic E-state index is -0.0543. The largest absolute Gasteiger partial charge is 0.346 e. The van der Waals surface area contributed by atoms with Crippen LogP contribution in [0.3, 0.4) is 0 Å². The van der Waals surface area contributed by atoms with Crippen LogP contribution in [0.4, 0.5) is 5.69 Å². The highest BCUT2D eigenvalue weighted by atomic mass is 79.9. The zero-order valence-electron chi connectivity index (χ0n) is 12.9. The van der Waals surface area contributed by atoms with Gasteiger partial charge in [0.2, 0.25) is 11.8 Å². The van der Waals surface area contributed by atoms with E-state index in [-0.39, 0.29) is 11.8 Å². The number of unbranched alkanes of at least 4 members (excludes halogenated alkanes) is 1. The topological polar surface area (TPSA) is 40.6 Å². The lowest BCUT2D eigenvalue weighted by molar-refractivity contribution is -0.129. The molecule has 1 aromatic carbocycles. The van der Waals surface area contributed by atoms with Crippen LogP contribution in [0.5, 0.6) is 0 Å². The molecule has 4 nitrogen and oxygen atoms in total. The van der Waals surface area contributed by atoms with Gasteiger partial charge in [-0.25, -0.2) is 0 Å². The molecule has 0 radical (unpaired) electrons. The number of halogens is 1. The molecule has 0 saturated heterocycles. The number of hydrogen-bond donors (Lipinski definition) is 0. The zero-order chi connectivity index (χ0) is 15.8. The summed E-state index contributed by atoms with van der Waals surface area (Å²) in [7, 11) is 1.82. The van der Waals surface area contributed by atoms with E-state index < -0.39 is 0 Å². The Bertz CT molecular complexity index is 474. The third-order valence-corrected chi connectivity index (χ3v) is 3.87. The lowest BCUT2D eigenvalue weighted by Gasteiger charge is -2.23. The molecule has 0 spiro atoms. The number of carbonyl (C=O) groups excluding carboxylic acids is 2. The van der Waals surface area contributed by atoms with Crippen molar-refractivity contribution in [2.24, 2.45) is 0 Å². The van der Waals surface area contributed by atoms with E-state index in [9.17, 15) is 9.59 Å². The number of carbonyl (C=O) groups is 2. The van der Waals surface area contributed by atoms with Crippen LogP contribution in [0, 0.1) is 0 Å². The molecule has 0 aromatic heterocycles. The van der Waals surface area contributed by atoms with Crippen LogP contribution in [0.2, 0.25) is 0 Å². The molecular weight excluding hydrogens is 332 g/mol. The van der Waals surface area contributed by atoms with Crippen molar-refractivity contribution in [1.82, 2.24) is 4.90 Å². The summed E-state index contributed by atoms with van der Waals surface area (Å²) < 4.78 is 0.963. The van der Waals surface area contributed by atoms with Crippen LogP contribution in [-0.2, 0) is 9.59 Å². The summed E-state index contributed by atoms with van der Waals surface area (Å²) >= 11 is 3.37. The van der Waals surface area contributed by atoms with Crippen molar-refractivity contribution < 1.29 is 9.59 Å². The lowest BCUT2D eigenvalue weighted by Crippen LogP contribution is -2.35. The van der Waals surface area contributed by atoms with Crippen molar-refractivity contribution in [3.63, 3.8) is 0 Å². The van der Waals surface area contributed by atoms with E-state index in [1.165, 1.54) is 6.92 Å². The number of rotatable bonds is 7. The minimum absolute atomic E-state index is 0.0543. The molecule has 0 aliphatic rings. The molecule has 0 aliphatic carbocycles. The maximum Gasteiger partial charge on any atom is 0.224 e. The molecule has 0 saturated carbocycles. The Morgan fingerprint density at radius 2 is 1.76 bits per heavy atom. The van der Waals surface area contributed by atoms with Crippen LogP contribution < -0.4 is 4.90 Å². The summed E-state index contributed by atoms with van der Waals surface area (Å²) in [5.74, 6) is 0.0214. The van der Waals surface area contributed by atoms with Gasteiger partial charge in [-0.1, -0.05) is 29.3 Å². The van der Waals surface area contributed by atoms with Crippen LogP contribution >= 0.6 is 15.9 Å². The van der Waals surface area contributed by atoms with E-state index in [2.05, 4.69) is 22.9 Å². The zero-order valence-corrected chi connectivity index (χ0v) is 14.5. The first-order valence-electron chi connectivity index (χ1n) is 7.23. The molecule has 0 heterocycles. The molecule has 0 atom stereocenters. The Hall–Kier alpha value is -1.36. The van der Waals surface area contributed by atoms with Crippen molar-refractivity contribution in [1.29, 1.82) is 0 Å². The third-order valence-electron chi connectivity index (χ3n) is 3.34. The number of anilines is 1. The molecule has 0 unspecified atom stereocenters. The average Bonchev–Trinajstić information content (AvgIpc) is 2.46. The molecule has 0 aliphatic heterocycles. The van der Waals surface area contributed by atoms with E-state index >= 15 is 0 Å². The fourth-order valence-corrected chi connectivity index (χ4v) is 2.27. The summed E-state index contributed by atoms with van der Waals surface area (Å²) in [6, 6.07) is 7.52. The van der Waals surface area contributed by atoms with E-state index in [1.54, 1.807) is 9.80 Å². The molecule has 2 amide bonds. The van der Waals surface area contributed by atoms with Gasteiger partial charge in [0.05, 0.1) is 0 Å². The van der Waals surface area contributed by atoms with Gasteiger partial charge in [0.15, 0.2) is 0 Å². The van der Waals surface area contributed by atoms with Gasteiger partial charge in [-0.3, -0.25) is 9.59 Å². The van der Waals surface area contributed by atoms with E-state index in [4.69, 9.17) is 0 Å². The molecule has 116 valence electrons. The molecule has 5 heteroatoms. The van der Waals surface area contributed by atoms with Gasteiger partial charge >= 0.3 is 0 Å². The van der Waals surface area contributed by atoms with Gasteiger partial charge < -0.3 is 9.80 Å². The molecular formula is C16H23BrN2O2. The fourth-order valence-electron chi connectivity index (χ4n) is 2.01. The number of nitrogens with zero attached hydrogens (tertiary/aromatic N) is 2. The maximum absolute atomic E-state index is 12.0. The highest BCUT2D eigenvalue weighted by Crippen LogP contribution is 2.19. The van der Waals surface area contributed by atoms with E-state index in [1.807, 2.05) is 31.3 Å². The van der Waals surface area contributed by atoms with Crippen molar-refractivity contribution in [3.8, 4) is 0 Å². The van der Waals surface area contributed by atoms with Crippen molar-refractivity contribution in [2.75, 3.05) is 25.0 Å². The van der Waals surface area contributed by atoms with Gasteiger partial charge in [-0.05, 0) is 30.7 Å². The van der Waals surface area contributed by atoms with Gasteiger partial charge in [-0.2, -0.15) is 0 Å². The van der Waals surface area contributed by atoms with Gasteiger partial charge in [0, 0.05) is 43.6 Å². The van der Waals surface area contributed by atoms with Crippen molar-refractivity contribution in [2.45, 2.75) is 33.1 Å². The molecule has 1 rings (SSSR count). The first-order chi connectivity index (χ1) is 9.95. The molecule has 0 bridgehead atoms. The second kappa shape index (κ2) is 8.82. The quantitative estimate of drug-likeness (QED) is 0.752. The SMILES string of the molecule is CCCCN(C)C(=O)CCN(C(C)=O)c1ccc(Br)cc1. The van der Waals surface area contributed by atoms with Crippen LogP contribution in [0.15, 0.2) is 28.7 Å². The Balaban J connectivity index is 2.62. The van der Waals surface area contributed by atoms with Crippen molar-refractivity contribution in [3.05, 3.63) is 28.7 Å². The first kappa shape index (κ1) is 17.7. The average molecular weight is 355 g/mol. The summed E-state index contributed by atoms with van der Waals surface area (Å²) in [6.07, 6.45) is 2.41. The predicted molar refractivity (Wildman–Crippen MR) is 89.3 cm³/mol. The fraction of sp³-hybridized carbons (Fsp3) is 0.500. The van der Waals surface area contributed by atoms with Gasteiger partial charge in [0.25, 0.3) is 0 Å². The van der Waals surface area contributed by atoms with E-state index in [0.717, 1.165) is 29.5 Å². The van der Waals surface area contributed by atoms with Crippen molar-refractivity contribution >= 4 is 33.4 Å². The smallest absolute Gasteiger partial charge is 0.224 e. The number of amides is 2. The first-order valence-corrected chi connectivity index (χ1v) is 8.02. The Morgan fingerprint density at radius 1 is 1.14 bits per heavy atom. The summed E-state index contributed by atoms with van der Waals surface area (Å²) in [4.78, 5) is 27.2. The highest BCUT2D eigenvalue weighted by Gasteiger charge is 2.15. The normalized spacial score (nSPS) is 10.3. The summed E-state index contributed by atoms with van der Waals surface area (Å²) in [5, 5.41) is 0. The Kier molecular flexibility index (Phi) is 7.43. The second-order valence-corrected chi connectivity index (χ2v) is 5.98. The predicted octanol–water partition coefficient (Wildman–Crippen LogP) is 3.45. The molecule has 21 heavy (non-hydrogen) atoms. The Morgan fingerprint density at radius 3 is 2.29 bits per heavy atom.